The molecule has 0 atom stereocenters. The fourth-order valence-corrected chi connectivity index (χ4v) is 1.81. The summed E-state index contributed by atoms with van der Waals surface area (Å²) >= 11 is 5.75. The van der Waals surface area contributed by atoms with Crippen molar-refractivity contribution in [1.29, 1.82) is 0 Å². The van der Waals surface area contributed by atoms with Crippen LogP contribution in [0.3, 0.4) is 0 Å². The molecule has 0 saturated carbocycles. The molecule has 0 aromatic heterocycles. The molecular weight excluding hydrogens is 258 g/mol. The maximum atomic E-state index is 11.7. The third kappa shape index (κ3) is 1.91. The number of nitrogens with two attached hydrogens (primary N) is 1. The fraction of sp³-hybridized carbons (Fsp3) is 0.182. The second-order valence-corrected chi connectivity index (χ2v) is 4.32. The number of nitrogens with zero attached hydrogens (tertiary/aromatic N) is 2. The molecule has 6 nitrogen and oxygen atoms in total. The van der Waals surface area contributed by atoms with Gasteiger partial charge in [-0.1, -0.05) is 17.7 Å². The van der Waals surface area contributed by atoms with Gasteiger partial charge in [-0.25, -0.2) is 4.79 Å². The van der Waals surface area contributed by atoms with Gasteiger partial charge in [-0.3, -0.25) is 19.4 Å². The second kappa shape index (κ2) is 4.30. The van der Waals surface area contributed by atoms with Crippen LogP contribution in [0.4, 0.5) is 10.5 Å². The van der Waals surface area contributed by atoms with Crippen molar-refractivity contribution >= 4 is 35.1 Å². The first-order valence-corrected chi connectivity index (χ1v) is 5.47. The van der Waals surface area contributed by atoms with Crippen molar-refractivity contribution in [3.8, 4) is 0 Å². The van der Waals surface area contributed by atoms with Crippen LogP contribution in [-0.4, -0.2) is 34.7 Å². The van der Waals surface area contributed by atoms with Gasteiger partial charge in [0.15, 0.2) is 0 Å². The Morgan fingerprint density at radius 2 is 1.89 bits per heavy atom. The average molecular weight is 268 g/mol. The monoisotopic (exact) mass is 267 g/mol. The lowest BCUT2D eigenvalue weighted by Crippen LogP contribution is -2.31. The van der Waals surface area contributed by atoms with Crippen molar-refractivity contribution in [1.82, 2.24) is 9.80 Å². The molecule has 0 aliphatic carbocycles. The Kier molecular flexibility index (Phi) is 2.96. The molecule has 7 heteroatoms. The van der Waals surface area contributed by atoms with E-state index in [9.17, 15) is 14.4 Å². The number of likely N-dealkylation sites (N-methyl/N-ethyl adjacent to an activating group) is 1. The first kappa shape index (κ1) is 12.4. The summed E-state index contributed by atoms with van der Waals surface area (Å²) in [5.74, 6) is -1.69. The van der Waals surface area contributed by atoms with E-state index in [0.29, 0.717) is 16.3 Å². The molecule has 1 fully saturated rings. The van der Waals surface area contributed by atoms with Gasteiger partial charge in [0.05, 0.1) is 6.54 Å². The molecule has 94 valence electrons. The molecule has 1 aliphatic heterocycles. The Labute approximate surface area is 108 Å². The van der Waals surface area contributed by atoms with Gasteiger partial charge in [0.1, 0.15) is 0 Å². The molecule has 0 spiro atoms. The normalized spacial score (nSPS) is 15.8. The third-order valence-electron chi connectivity index (χ3n) is 2.69. The van der Waals surface area contributed by atoms with Crippen molar-refractivity contribution in [3.05, 3.63) is 28.8 Å². The van der Waals surface area contributed by atoms with Gasteiger partial charge < -0.3 is 5.73 Å². The number of urea groups is 1. The molecule has 4 amide bonds. The van der Waals surface area contributed by atoms with Gasteiger partial charge in [-0.15, -0.1) is 0 Å². The molecule has 0 bridgehead atoms. The number of halogens is 1. The van der Waals surface area contributed by atoms with Crippen LogP contribution in [0.2, 0.25) is 5.02 Å². The molecule has 1 aromatic carbocycles. The first-order valence-electron chi connectivity index (χ1n) is 5.09. The van der Waals surface area contributed by atoms with Crippen molar-refractivity contribution in [2.45, 2.75) is 6.54 Å². The fourth-order valence-electron chi connectivity index (χ4n) is 1.63. The molecule has 18 heavy (non-hydrogen) atoms. The van der Waals surface area contributed by atoms with E-state index in [2.05, 4.69) is 0 Å². The standard InChI is InChI=1S/C11H10ClN3O3/c1-14-9(16)10(17)15(11(14)18)5-6-2-3-7(12)4-8(6)13/h2-4H,5,13H2,1H3. The Bertz CT molecular complexity index is 558. The van der Waals surface area contributed by atoms with Crippen LogP contribution in [0.25, 0.3) is 0 Å². The maximum absolute atomic E-state index is 11.7. The lowest BCUT2D eigenvalue weighted by Gasteiger charge is -2.14. The molecule has 1 aromatic rings. The van der Waals surface area contributed by atoms with Crippen molar-refractivity contribution in [3.63, 3.8) is 0 Å². The minimum atomic E-state index is -0.850. The highest BCUT2D eigenvalue weighted by atomic mass is 35.5. The molecule has 0 radical (unpaired) electrons. The van der Waals surface area contributed by atoms with Gasteiger partial charge >= 0.3 is 17.8 Å². The van der Waals surface area contributed by atoms with Crippen LogP contribution >= 0.6 is 11.6 Å². The van der Waals surface area contributed by atoms with Gasteiger partial charge in [0.2, 0.25) is 0 Å². The summed E-state index contributed by atoms with van der Waals surface area (Å²) in [6.07, 6.45) is 0. The summed E-state index contributed by atoms with van der Waals surface area (Å²) in [6.45, 7) is -0.0449. The molecule has 0 unspecified atom stereocenters. The summed E-state index contributed by atoms with van der Waals surface area (Å²) in [5.41, 5.74) is 6.65. The smallest absolute Gasteiger partial charge is 0.334 e. The number of carbonyl (C=O) groups excluding carboxylic acids is 3. The predicted molar refractivity (Wildman–Crippen MR) is 64.6 cm³/mol. The minimum Gasteiger partial charge on any atom is -0.398 e. The Morgan fingerprint density at radius 3 is 2.39 bits per heavy atom. The first-order chi connectivity index (χ1) is 8.41. The van der Waals surface area contributed by atoms with Gasteiger partial charge in [-0.2, -0.15) is 0 Å². The van der Waals surface area contributed by atoms with Crippen molar-refractivity contribution in [2.24, 2.45) is 0 Å². The summed E-state index contributed by atoms with van der Waals surface area (Å²) in [6, 6.07) is 4.08. The third-order valence-corrected chi connectivity index (χ3v) is 2.92. The van der Waals surface area contributed by atoms with E-state index in [-0.39, 0.29) is 6.54 Å². The number of nitrogen functional groups attached to an aromatic ring is 1. The Balaban J connectivity index is 2.27. The zero-order valence-corrected chi connectivity index (χ0v) is 10.3. The maximum Gasteiger partial charge on any atom is 0.334 e. The van der Waals surface area contributed by atoms with Crippen molar-refractivity contribution < 1.29 is 14.4 Å². The molecule has 2 rings (SSSR count). The quantitative estimate of drug-likeness (QED) is 0.489. The number of hydrogen-bond acceptors (Lipinski definition) is 4. The Morgan fingerprint density at radius 1 is 1.22 bits per heavy atom. The van der Waals surface area contributed by atoms with E-state index in [0.717, 1.165) is 9.80 Å². The van der Waals surface area contributed by atoms with E-state index in [1.165, 1.54) is 13.1 Å². The molecule has 1 aliphatic rings. The lowest BCUT2D eigenvalue weighted by atomic mass is 10.1. The number of rotatable bonds is 2. The van der Waals surface area contributed by atoms with Crippen LogP contribution in [0.1, 0.15) is 5.56 Å². The number of imide groups is 2. The highest BCUT2D eigenvalue weighted by Crippen LogP contribution is 2.21. The molecular formula is C11H10ClN3O3. The second-order valence-electron chi connectivity index (χ2n) is 3.88. The van der Waals surface area contributed by atoms with Gasteiger partial charge in [-0.05, 0) is 17.7 Å². The summed E-state index contributed by atoms with van der Waals surface area (Å²) in [7, 11) is 1.26. The van der Waals surface area contributed by atoms with Gasteiger partial charge in [0.25, 0.3) is 0 Å². The van der Waals surface area contributed by atoms with Crippen LogP contribution in [0.15, 0.2) is 18.2 Å². The van der Waals surface area contributed by atoms with Gasteiger partial charge in [0, 0.05) is 17.8 Å². The van der Waals surface area contributed by atoms with Crippen molar-refractivity contribution in [2.75, 3.05) is 12.8 Å². The SMILES string of the molecule is CN1C(=O)C(=O)N(Cc2ccc(Cl)cc2N)C1=O. The average Bonchev–Trinajstić information content (AvgIpc) is 2.50. The highest BCUT2D eigenvalue weighted by molar-refractivity contribution is 6.44. The summed E-state index contributed by atoms with van der Waals surface area (Å²) in [4.78, 5) is 36.1. The summed E-state index contributed by atoms with van der Waals surface area (Å²) in [5, 5.41) is 0.462. The highest BCUT2D eigenvalue weighted by Gasteiger charge is 2.42. The molecule has 1 saturated heterocycles. The Hall–Kier alpha value is -2.08. The number of amides is 4. The van der Waals surface area contributed by atoms with E-state index >= 15 is 0 Å². The topological polar surface area (TPSA) is 83.7 Å². The van der Waals surface area contributed by atoms with Crippen LogP contribution in [0, 0.1) is 0 Å². The largest absolute Gasteiger partial charge is 0.398 e. The van der Waals surface area contributed by atoms with E-state index in [1.54, 1.807) is 12.1 Å². The summed E-state index contributed by atoms with van der Waals surface area (Å²) < 4.78 is 0. The number of benzene rings is 1. The predicted octanol–water partition coefficient (Wildman–Crippen LogP) is 0.843. The minimum absolute atomic E-state index is 0.0449. The zero-order valence-electron chi connectivity index (χ0n) is 9.51. The number of carbonyl (C=O) groups is 3. The molecule has 2 N–H and O–H groups in total. The number of hydrogen-bond donors (Lipinski definition) is 1. The van der Waals surface area contributed by atoms with E-state index < -0.39 is 17.8 Å². The van der Waals surface area contributed by atoms with Crippen LogP contribution in [-0.2, 0) is 16.1 Å². The lowest BCUT2D eigenvalue weighted by molar-refractivity contribution is -0.143. The molecule has 1 heterocycles. The van der Waals surface area contributed by atoms with Crippen LogP contribution in [0.5, 0.6) is 0 Å². The van der Waals surface area contributed by atoms with Crippen LogP contribution < -0.4 is 5.73 Å². The van der Waals surface area contributed by atoms with E-state index in [1.807, 2.05) is 0 Å². The van der Waals surface area contributed by atoms with E-state index in [4.69, 9.17) is 17.3 Å². The zero-order chi connectivity index (χ0) is 13.4. The number of anilines is 1.